The van der Waals surface area contributed by atoms with Crippen molar-refractivity contribution in [1.82, 2.24) is 4.90 Å². The number of nitrogens with zero attached hydrogens (tertiary/aromatic N) is 1. The molecule has 82 valence electrons. The van der Waals surface area contributed by atoms with Crippen LogP contribution in [0.2, 0.25) is 0 Å². The molecule has 3 heteroatoms. The SMILES string of the molecule is CC(C)OCCC(=O)/C=C/CN(C)C. The molecule has 0 bridgehead atoms. The molecule has 0 amide bonds. The van der Waals surface area contributed by atoms with Gasteiger partial charge in [0.2, 0.25) is 0 Å². The smallest absolute Gasteiger partial charge is 0.157 e. The molecule has 0 aliphatic carbocycles. The zero-order chi connectivity index (χ0) is 11.0. The highest BCUT2D eigenvalue weighted by Gasteiger charge is 1.98. The monoisotopic (exact) mass is 199 g/mol. The molecule has 0 aromatic rings. The zero-order valence-electron chi connectivity index (χ0n) is 9.62. The summed E-state index contributed by atoms with van der Waals surface area (Å²) in [5.74, 6) is 0.132. The second-order valence-electron chi connectivity index (χ2n) is 3.80. The van der Waals surface area contributed by atoms with Crippen molar-refractivity contribution in [2.24, 2.45) is 0 Å². The van der Waals surface area contributed by atoms with Crippen LogP contribution in [0.25, 0.3) is 0 Å². The third-order valence-electron chi connectivity index (χ3n) is 1.57. The average molecular weight is 199 g/mol. The molecule has 0 aliphatic rings. The van der Waals surface area contributed by atoms with Crippen molar-refractivity contribution < 1.29 is 9.53 Å². The predicted molar refractivity (Wildman–Crippen MR) is 58.4 cm³/mol. The predicted octanol–water partition coefficient (Wildman–Crippen LogP) is 1.49. The molecule has 0 aliphatic heterocycles. The van der Waals surface area contributed by atoms with Gasteiger partial charge in [0.05, 0.1) is 12.7 Å². The number of hydrogen-bond acceptors (Lipinski definition) is 3. The van der Waals surface area contributed by atoms with Gasteiger partial charge in [0.15, 0.2) is 5.78 Å². The summed E-state index contributed by atoms with van der Waals surface area (Å²) in [4.78, 5) is 13.2. The Morgan fingerprint density at radius 2 is 2.07 bits per heavy atom. The van der Waals surface area contributed by atoms with Crippen LogP contribution in [0, 0.1) is 0 Å². The highest BCUT2D eigenvalue weighted by Crippen LogP contribution is 1.92. The van der Waals surface area contributed by atoms with Crippen molar-refractivity contribution in [1.29, 1.82) is 0 Å². The summed E-state index contributed by atoms with van der Waals surface area (Å²) in [5.41, 5.74) is 0. The van der Waals surface area contributed by atoms with Gasteiger partial charge in [-0.2, -0.15) is 0 Å². The fourth-order valence-electron chi connectivity index (χ4n) is 0.874. The van der Waals surface area contributed by atoms with Crippen LogP contribution in [-0.2, 0) is 9.53 Å². The van der Waals surface area contributed by atoms with E-state index in [9.17, 15) is 4.79 Å². The number of hydrogen-bond donors (Lipinski definition) is 0. The number of allylic oxidation sites excluding steroid dienone is 1. The molecule has 0 rings (SSSR count). The lowest BCUT2D eigenvalue weighted by Gasteiger charge is -2.05. The maximum atomic E-state index is 11.2. The fraction of sp³-hybridized carbons (Fsp3) is 0.727. The molecule has 0 atom stereocenters. The molecule has 0 spiro atoms. The van der Waals surface area contributed by atoms with Gasteiger partial charge in [-0.1, -0.05) is 6.08 Å². The number of ether oxygens (including phenoxy) is 1. The Morgan fingerprint density at radius 3 is 2.57 bits per heavy atom. The molecule has 0 aromatic heterocycles. The number of rotatable bonds is 7. The summed E-state index contributed by atoms with van der Waals surface area (Å²) in [6.45, 7) is 5.25. The second kappa shape index (κ2) is 7.71. The minimum Gasteiger partial charge on any atom is -0.378 e. The largest absolute Gasteiger partial charge is 0.378 e. The molecule has 0 heterocycles. The minimum absolute atomic E-state index is 0.132. The van der Waals surface area contributed by atoms with E-state index in [-0.39, 0.29) is 11.9 Å². The molecule has 0 saturated heterocycles. The molecule has 0 N–H and O–H groups in total. The number of likely N-dealkylation sites (N-methyl/N-ethyl adjacent to an activating group) is 1. The van der Waals surface area contributed by atoms with Crippen LogP contribution in [0.3, 0.4) is 0 Å². The summed E-state index contributed by atoms with van der Waals surface area (Å²) in [6, 6.07) is 0. The number of carbonyl (C=O) groups excluding carboxylic acids is 1. The lowest BCUT2D eigenvalue weighted by molar-refractivity contribution is -0.115. The Balaban J connectivity index is 3.50. The molecule has 0 unspecified atom stereocenters. The summed E-state index contributed by atoms with van der Waals surface area (Å²) in [7, 11) is 3.94. The van der Waals surface area contributed by atoms with Crippen molar-refractivity contribution in [3.05, 3.63) is 12.2 Å². The van der Waals surface area contributed by atoms with Crippen molar-refractivity contribution in [2.75, 3.05) is 27.2 Å². The van der Waals surface area contributed by atoms with E-state index in [1.165, 1.54) is 0 Å². The van der Waals surface area contributed by atoms with E-state index in [0.717, 1.165) is 6.54 Å². The van der Waals surface area contributed by atoms with E-state index < -0.39 is 0 Å². The third-order valence-corrected chi connectivity index (χ3v) is 1.57. The first kappa shape index (κ1) is 13.3. The van der Waals surface area contributed by atoms with E-state index in [1.54, 1.807) is 6.08 Å². The van der Waals surface area contributed by atoms with Crippen molar-refractivity contribution in [3.63, 3.8) is 0 Å². The molecule has 14 heavy (non-hydrogen) atoms. The maximum Gasteiger partial charge on any atom is 0.157 e. The van der Waals surface area contributed by atoms with E-state index in [2.05, 4.69) is 0 Å². The van der Waals surface area contributed by atoms with Gasteiger partial charge in [-0.25, -0.2) is 0 Å². The Hall–Kier alpha value is -0.670. The quantitative estimate of drug-likeness (QED) is 0.582. The summed E-state index contributed by atoms with van der Waals surface area (Å²) < 4.78 is 5.27. The topological polar surface area (TPSA) is 29.5 Å². The highest BCUT2D eigenvalue weighted by molar-refractivity contribution is 5.89. The molecule has 0 aromatic carbocycles. The molecule has 0 radical (unpaired) electrons. The average Bonchev–Trinajstić information content (AvgIpc) is 2.02. The lowest BCUT2D eigenvalue weighted by atomic mass is 10.2. The molecular weight excluding hydrogens is 178 g/mol. The van der Waals surface area contributed by atoms with Crippen molar-refractivity contribution in [3.8, 4) is 0 Å². The Morgan fingerprint density at radius 1 is 1.43 bits per heavy atom. The zero-order valence-corrected chi connectivity index (χ0v) is 9.62. The minimum atomic E-state index is 0.132. The Kier molecular flexibility index (Phi) is 7.34. The van der Waals surface area contributed by atoms with Crippen LogP contribution in [0.1, 0.15) is 20.3 Å². The van der Waals surface area contributed by atoms with E-state index in [1.807, 2.05) is 38.9 Å². The third kappa shape index (κ3) is 9.42. The Bertz CT molecular complexity index is 186. The van der Waals surface area contributed by atoms with Crippen LogP contribution in [0.15, 0.2) is 12.2 Å². The fourth-order valence-corrected chi connectivity index (χ4v) is 0.874. The van der Waals surface area contributed by atoms with Gasteiger partial charge in [0.1, 0.15) is 0 Å². The maximum absolute atomic E-state index is 11.2. The second-order valence-corrected chi connectivity index (χ2v) is 3.80. The molecule has 0 saturated carbocycles. The summed E-state index contributed by atoms with van der Waals surface area (Å²) in [5, 5.41) is 0. The van der Waals surface area contributed by atoms with E-state index in [4.69, 9.17) is 4.74 Å². The van der Waals surface area contributed by atoms with Crippen LogP contribution < -0.4 is 0 Å². The van der Waals surface area contributed by atoms with Crippen molar-refractivity contribution in [2.45, 2.75) is 26.4 Å². The summed E-state index contributed by atoms with van der Waals surface area (Å²) in [6.07, 6.45) is 4.18. The van der Waals surface area contributed by atoms with Gasteiger partial charge in [-0.05, 0) is 34.0 Å². The van der Waals surface area contributed by atoms with Gasteiger partial charge < -0.3 is 9.64 Å². The van der Waals surface area contributed by atoms with E-state index in [0.29, 0.717) is 13.0 Å². The van der Waals surface area contributed by atoms with Gasteiger partial charge in [-0.3, -0.25) is 4.79 Å². The van der Waals surface area contributed by atoms with Crippen LogP contribution >= 0.6 is 0 Å². The number of ketones is 1. The first-order valence-corrected chi connectivity index (χ1v) is 4.98. The first-order valence-electron chi connectivity index (χ1n) is 4.98. The number of carbonyl (C=O) groups is 1. The molecular formula is C11H21NO2. The van der Waals surface area contributed by atoms with Crippen LogP contribution in [0.4, 0.5) is 0 Å². The molecule has 0 fully saturated rings. The van der Waals surface area contributed by atoms with Crippen LogP contribution in [-0.4, -0.2) is 44.0 Å². The van der Waals surface area contributed by atoms with E-state index >= 15 is 0 Å². The van der Waals surface area contributed by atoms with Gasteiger partial charge in [0, 0.05) is 13.0 Å². The Labute approximate surface area is 86.7 Å². The van der Waals surface area contributed by atoms with Crippen molar-refractivity contribution >= 4 is 5.78 Å². The normalized spacial score (nSPS) is 11.9. The standard InChI is InChI=1S/C11H21NO2/c1-10(2)14-9-7-11(13)6-5-8-12(3)4/h5-6,10H,7-9H2,1-4H3/b6-5+. The highest BCUT2D eigenvalue weighted by atomic mass is 16.5. The molecule has 3 nitrogen and oxygen atoms in total. The van der Waals surface area contributed by atoms with Gasteiger partial charge in [0.25, 0.3) is 0 Å². The lowest BCUT2D eigenvalue weighted by Crippen LogP contribution is -2.11. The van der Waals surface area contributed by atoms with Crippen LogP contribution in [0.5, 0.6) is 0 Å². The summed E-state index contributed by atoms with van der Waals surface area (Å²) >= 11 is 0. The van der Waals surface area contributed by atoms with Gasteiger partial charge in [-0.15, -0.1) is 0 Å². The van der Waals surface area contributed by atoms with Gasteiger partial charge >= 0.3 is 0 Å². The first-order chi connectivity index (χ1) is 6.52.